The van der Waals surface area contributed by atoms with E-state index in [4.69, 9.17) is 19.3 Å². The van der Waals surface area contributed by atoms with Crippen molar-refractivity contribution in [3.8, 4) is 17.2 Å². The van der Waals surface area contributed by atoms with Crippen molar-refractivity contribution in [3.05, 3.63) is 94.3 Å². The van der Waals surface area contributed by atoms with Crippen LogP contribution in [-0.2, 0) is 27.3 Å². The number of aryl methyl sites for hydroxylation is 1. The average molecular weight is 736 g/mol. The van der Waals surface area contributed by atoms with Crippen molar-refractivity contribution >= 4 is 23.4 Å². The van der Waals surface area contributed by atoms with Gasteiger partial charge in [-0.2, -0.15) is 4.39 Å². The van der Waals surface area contributed by atoms with E-state index in [0.29, 0.717) is 55.5 Å². The number of ether oxygens (including phenoxy) is 3. The fourth-order valence-corrected chi connectivity index (χ4v) is 7.15. The second-order valence-corrected chi connectivity index (χ2v) is 13.8. The van der Waals surface area contributed by atoms with Gasteiger partial charge in [0.25, 0.3) is 5.91 Å². The SMILES string of the molecule is COc1cc(CN(C(=O)C2=C(c3ccc(CCCOc4c(F)ccc(F)c4F)cc3)C[C@@H]3CN(C(=O)CCCC(=O)O)C[C@H]2N3)C2CC2)cc(OC)c1. The minimum atomic E-state index is -1.35. The van der Waals surface area contributed by atoms with Crippen molar-refractivity contribution in [2.24, 2.45) is 0 Å². The van der Waals surface area contributed by atoms with Gasteiger partial charge in [0.1, 0.15) is 11.5 Å². The number of fused-ring (bicyclic) bond motifs is 2. The Morgan fingerprint density at radius 3 is 2.25 bits per heavy atom. The predicted octanol–water partition coefficient (Wildman–Crippen LogP) is 5.91. The molecule has 2 heterocycles. The highest BCUT2D eigenvalue weighted by molar-refractivity contribution is 6.03. The molecule has 2 amide bonds. The second-order valence-electron chi connectivity index (χ2n) is 13.8. The first-order chi connectivity index (χ1) is 25.5. The summed E-state index contributed by atoms with van der Waals surface area (Å²) in [6.07, 6.45) is 3.50. The highest BCUT2D eigenvalue weighted by atomic mass is 19.2. The third kappa shape index (κ3) is 9.13. The van der Waals surface area contributed by atoms with Crippen molar-refractivity contribution in [2.45, 2.75) is 76.0 Å². The van der Waals surface area contributed by atoms with Crippen molar-refractivity contribution in [3.63, 3.8) is 0 Å². The molecule has 2 atom stereocenters. The number of carbonyl (C=O) groups excluding carboxylic acids is 2. The van der Waals surface area contributed by atoms with Gasteiger partial charge in [-0.25, -0.2) is 8.78 Å². The quantitative estimate of drug-likeness (QED) is 0.138. The molecule has 2 aliphatic heterocycles. The molecule has 1 saturated carbocycles. The average Bonchev–Trinajstić information content (AvgIpc) is 4.00. The number of carboxylic acid groups (broad SMARTS) is 1. The first kappa shape index (κ1) is 37.7. The number of amides is 2. The molecule has 3 aliphatic rings. The summed E-state index contributed by atoms with van der Waals surface area (Å²) >= 11 is 0. The zero-order valence-corrected chi connectivity index (χ0v) is 29.8. The topological polar surface area (TPSA) is 118 Å². The predicted molar refractivity (Wildman–Crippen MR) is 190 cm³/mol. The number of carbonyl (C=O) groups is 3. The Hall–Kier alpha value is -5.04. The maximum absolute atomic E-state index is 14.8. The van der Waals surface area contributed by atoms with E-state index in [1.54, 1.807) is 25.2 Å². The lowest BCUT2D eigenvalue weighted by Crippen LogP contribution is -2.62. The molecular formula is C40H44F3N3O7. The Balaban J connectivity index is 1.24. The molecule has 3 aromatic rings. The maximum Gasteiger partial charge on any atom is 0.303 e. The molecule has 13 heteroatoms. The normalized spacial score (nSPS) is 18.1. The lowest BCUT2D eigenvalue weighted by atomic mass is 9.82. The van der Waals surface area contributed by atoms with Crippen molar-refractivity contribution in [1.82, 2.24) is 15.1 Å². The van der Waals surface area contributed by atoms with Gasteiger partial charge in [0.15, 0.2) is 17.4 Å². The van der Waals surface area contributed by atoms with Crippen LogP contribution >= 0.6 is 0 Å². The van der Waals surface area contributed by atoms with Crippen LogP contribution in [0.4, 0.5) is 13.2 Å². The summed E-state index contributed by atoms with van der Waals surface area (Å²) in [5.74, 6) is -4.17. The molecule has 10 nitrogen and oxygen atoms in total. The summed E-state index contributed by atoms with van der Waals surface area (Å²) in [5, 5.41) is 12.7. The minimum Gasteiger partial charge on any atom is -0.497 e. The van der Waals surface area contributed by atoms with Gasteiger partial charge in [0, 0.05) is 56.2 Å². The van der Waals surface area contributed by atoms with Gasteiger partial charge in [-0.05, 0) is 85.1 Å². The molecule has 0 radical (unpaired) electrons. The Morgan fingerprint density at radius 1 is 0.887 bits per heavy atom. The van der Waals surface area contributed by atoms with E-state index >= 15 is 0 Å². The zero-order chi connectivity index (χ0) is 37.6. The van der Waals surface area contributed by atoms with Gasteiger partial charge in [-0.1, -0.05) is 24.3 Å². The Kier molecular flexibility index (Phi) is 11.9. The zero-order valence-electron chi connectivity index (χ0n) is 29.8. The fraction of sp³-hybridized carbons (Fsp3) is 0.425. The van der Waals surface area contributed by atoms with Gasteiger partial charge in [-0.3, -0.25) is 14.4 Å². The van der Waals surface area contributed by atoms with Gasteiger partial charge in [0.05, 0.1) is 26.9 Å². The summed E-state index contributed by atoms with van der Waals surface area (Å²) in [4.78, 5) is 42.8. The number of nitrogens with one attached hydrogen (secondary N) is 1. The molecule has 0 spiro atoms. The summed E-state index contributed by atoms with van der Waals surface area (Å²) in [7, 11) is 3.16. The van der Waals surface area contributed by atoms with Crippen LogP contribution in [0.25, 0.3) is 5.57 Å². The van der Waals surface area contributed by atoms with E-state index in [1.807, 2.05) is 41.3 Å². The van der Waals surface area contributed by atoms with E-state index < -0.39 is 35.2 Å². The lowest BCUT2D eigenvalue weighted by molar-refractivity contribution is -0.138. The van der Waals surface area contributed by atoms with Crippen LogP contribution in [0.15, 0.2) is 60.2 Å². The molecule has 2 N–H and O–H groups in total. The Morgan fingerprint density at radius 2 is 1.58 bits per heavy atom. The molecule has 0 aromatic heterocycles. The number of benzene rings is 3. The van der Waals surface area contributed by atoms with Gasteiger partial charge in [-0.15, -0.1) is 0 Å². The molecule has 1 aliphatic carbocycles. The van der Waals surface area contributed by atoms with Crippen molar-refractivity contribution < 1.29 is 46.9 Å². The Bertz CT molecular complexity index is 1840. The molecule has 2 fully saturated rings. The first-order valence-electron chi connectivity index (χ1n) is 17.9. The summed E-state index contributed by atoms with van der Waals surface area (Å²) in [5.41, 5.74) is 4.20. The third-order valence-corrected chi connectivity index (χ3v) is 9.94. The number of hydrogen-bond acceptors (Lipinski definition) is 7. The number of hydrogen-bond donors (Lipinski definition) is 2. The number of methoxy groups -OCH3 is 2. The van der Waals surface area contributed by atoms with Gasteiger partial charge >= 0.3 is 5.97 Å². The van der Waals surface area contributed by atoms with Gasteiger partial charge < -0.3 is 34.4 Å². The molecule has 2 bridgehead atoms. The monoisotopic (exact) mass is 735 g/mol. The molecule has 53 heavy (non-hydrogen) atoms. The van der Waals surface area contributed by atoms with Crippen molar-refractivity contribution in [1.29, 1.82) is 0 Å². The number of piperazine rings is 1. The molecule has 3 aromatic carbocycles. The van der Waals surface area contributed by atoms with E-state index in [9.17, 15) is 27.6 Å². The fourth-order valence-electron chi connectivity index (χ4n) is 7.15. The van der Waals surface area contributed by atoms with Crippen LogP contribution in [0.3, 0.4) is 0 Å². The van der Waals surface area contributed by atoms with E-state index in [0.717, 1.165) is 41.2 Å². The summed E-state index contributed by atoms with van der Waals surface area (Å²) in [6, 6.07) is 14.4. The lowest BCUT2D eigenvalue weighted by Gasteiger charge is -2.45. The smallest absolute Gasteiger partial charge is 0.303 e. The first-order valence-corrected chi connectivity index (χ1v) is 17.9. The Labute approximate surface area is 306 Å². The van der Waals surface area contributed by atoms with Crippen LogP contribution in [0, 0.1) is 17.5 Å². The molecular weight excluding hydrogens is 691 g/mol. The van der Waals surface area contributed by atoms with Crippen LogP contribution in [0.1, 0.15) is 61.6 Å². The van der Waals surface area contributed by atoms with Crippen molar-refractivity contribution in [2.75, 3.05) is 33.9 Å². The number of halogens is 3. The largest absolute Gasteiger partial charge is 0.497 e. The second kappa shape index (κ2) is 16.7. The third-order valence-electron chi connectivity index (χ3n) is 9.94. The standard InChI is InChI=1S/C40H44F3N3O7/c1-51-29-17-25(18-30(20-29)52-2)21-46(28-12-13-28)40(50)37-31(19-27-22-45(23-34(37)44-27)35(47)6-3-7-36(48)49)26-10-8-24(9-11-26)5-4-16-53-39-33(42)15-14-32(41)38(39)43/h8-11,14-15,17-18,20,27-28,34,44H,3-7,12-13,16,19,21-23H2,1-2H3,(H,48,49)/t27-,34-/m1/s1. The van der Waals surface area contributed by atoms with E-state index in [-0.39, 0.29) is 56.3 Å². The number of carboxylic acids is 1. The van der Waals surface area contributed by atoms with Crippen LogP contribution in [0.2, 0.25) is 0 Å². The highest BCUT2D eigenvalue weighted by Gasteiger charge is 2.43. The summed E-state index contributed by atoms with van der Waals surface area (Å²) < 4.78 is 57.7. The summed E-state index contributed by atoms with van der Waals surface area (Å²) in [6.45, 7) is 1.04. The highest BCUT2D eigenvalue weighted by Crippen LogP contribution is 2.38. The molecule has 282 valence electrons. The minimum absolute atomic E-state index is 0.0143. The van der Waals surface area contributed by atoms with Crippen LogP contribution < -0.4 is 19.5 Å². The van der Waals surface area contributed by atoms with E-state index in [2.05, 4.69) is 5.32 Å². The number of rotatable bonds is 16. The van der Waals surface area contributed by atoms with Gasteiger partial charge in [0.2, 0.25) is 11.7 Å². The van der Waals surface area contributed by atoms with E-state index in [1.165, 1.54) is 0 Å². The number of aliphatic carboxylic acids is 1. The number of nitrogens with zero attached hydrogens (tertiary/aromatic N) is 2. The van der Waals surface area contributed by atoms with Crippen LogP contribution in [0.5, 0.6) is 17.2 Å². The molecule has 1 saturated heterocycles. The molecule has 0 unspecified atom stereocenters. The van der Waals surface area contributed by atoms with Crippen LogP contribution in [-0.4, -0.2) is 84.7 Å². The molecule has 6 rings (SSSR count). The maximum atomic E-state index is 14.8.